The number of benzene rings is 2. The van der Waals surface area contributed by atoms with Crippen LogP contribution in [0.2, 0.25) is 0 Å². The Kier molecular flexibility index (Phi) is 10.8. The molecule has 1 saturated heterocycles. The number of piperidine rings is 1. The lowest BCUT2D eigenvalue weighted by molar-refractivity contribution is -0.385. The maximum Gasteiger partial charge on any atom is 0.416 e. The van der Waals surface area contributed by atoms with E-state index in [2.05, 4.69) is 10.6 Å². The van der Waals surface area contributed by atoms with Crippen molar-refractivity contribution in [2.24, 2.45) is 5.92 Å². The van der Waals surface area contributed by atoms with E-state index in [-0.39, 0.29) is 53.6 Å². The molecule has 2 N–H and O–H groups in total. The van der Waals surface area contributed by atoms with Gasteiger partial charge in [-0.25, -0.2) is 0 Å². The number of hydrogen-bond donors (Lipinski definition) is 2. The molecule has 0 radical (unpaired) electrons. The number of halogens is 3. The van der Waals surface area contributed by atoms with Gasteiger partial charge in [-0.3, -0.25) is 14.9 Å². The van der Waals surface area contributed by atoms with Crippen LogP contribution >= 0.6 is 0 Å². The molecule has 4 rings (SSSR count). The second-order valence-electron chi connectivity index (χ2n) is 11.9. The van der Waals surface area contributed by atoms with Crippen LogP contribution in [0.4, 0.5) is 30.2 Å². The van der Waals surface area contributed by atoms with Crippen molar-refractivity contribution in [2.75, 3.05) is 36.9 Å². The Hall–Kier alpha value is -3.54. The highest BCUT2D eigenvalue weighted by atomic mass is 19.4. The highest BCUT2D eigenvalue weighted by Gasteiger charge is 2.33. The van der Waals surface area contributed by atoms with Crippen molar-refractivity contribution in [1.29, 1.82) is 0 Å². The third-order valence-corrected chi connectivity index (χ3v) is 7.98. The summed E-state index contributed by atoms with van der Waals surface area (Å²) >= 11 is 0. The summed E-state index contributed by atoms with van der Waals surface area (Å²) in [6.45, 7) is 6.96. The fraction of sp³-hybridized carbons (Fsp3) is 0.581. The topological polar surface area (TPSA) is 106 Å². The summed E-state index contributed by atoms with van der Waals surface area (Å²) in [5, 5.41) is 18.0. The van der Waals surface area contributed by atoms with Gasteiger partial charge in [-0.05, 0) is 75.1 Å². The molecule has 1 saturated carbocycles. The van der Waals surface area contributed by atoms with Crippen LogP contribution in [0.25, 0.3) is 0 Å². The van der Waals surface area contributed by atoms with Crippen molar-refractivity contribution in [3.63, 3.8) is 0 Å². The molecular weight excluding hydrogens is 565 g/mol. The molecule has 12 heteroatoms. The summed E-state index contributed by atoms with van der Waals surface area (Å²) in [5.74, 6) is 0.415. The largest absolute Gasteiger partial charge is 0.486 e. The number of alkyl halides is 3. The molecule has 0 atom stereocenters. The Morgan fingerprint density at radius 3 is 2.21 bits per heavy atom. The summed E-state index contributed by atoms with van der Waals surface area (Å²) in [5.41, 5.74) is 0.711. The van der Waals surface area contributed by atoms with Crippen LogP contribution in [-0.2, 0) is 15.7 Å². The van der Waals surface area contributed by atoms with Gasteiger partial charge in [-0.15, -0.1) is 0 Å². The molecule has 0 bridgehead atoms. The number of nitro benzene ring substituents is 1. The summed E-state index contributed by atoms with van der Waals surface area (Å²) in [6.07, 6.45) is -0.0198. The first kappa shape index (κ1) is 32.4. The summed E-state index contributed by atoms with van der Waals surface area (Å²) < 4.78 is 51.3. The molecule has 2 fully saturated rings. The number of carbonyl (C=O) groups is 1. The Bertz CT molecular complexity index is 1260. The summed E-state index contributed by atoms with van der Waals surface area (Å²) in [6, 6.07) is 9.29. The van der Waals surface area contributed by atoms with Crippen molar-refractivity contribution in [2.45, 2.75) is 83.7 Å². The van der Waals surface area contributed by atoms with Crippen molar-refractivity contribution in [3.05, 3.63) is 57.6 Å². The molecule has 0 unspecified atom stereocenters. The number of nitrogens with one attached hydrogen (secondary N) is 2. The van der Waals surface area contributed by atoms with E-state index < -0.39 is 16.7 Å². The van der Waals surface area contributed by atoms with Crippen molar-refractivity contribution >= 4 is 23.0 Å². The van der Waals surface area contributed by atoms with E-state index in [0.29, 0.717) is 25.4 Å². The third kappa shape index (κ3) is 9.22. The molecule has 1 aliphatic carbocycles. The van der Waals surface area contributed by atoms with Crippen molar-refractivity contribution in [3.8, 4) is 5.75 Å². The zero-order valence-electron chi connectivity index (χ0n) is 24.9. The number of rotatable bonds is 11. The number of ether oxygens (including phenoxy) is 2. The minimum Gasteiger partial charge on any atom is -0.486 e. The molecule has 2 aromatic rings. The molecular formula is C31H41F3N4O5. The van der Waals surface area contributed by atoms with E-state index in [1.807, 2.05) is 13.8 Å². The van der Waals surface area contributed by atoms with Crippen LogP contribution in [0.15, 0.2) is 36.4 Å². The Labute approximate surface area is 250 Å². The van der Waals surface area contributed by atoms with Crippen LogP contribution in [0.1, 0.15) is 63.5 Å². The highest BCUT2D eigenvalue weighted by Crippen LogP contribution is 2.35. The number of nitrogens with zero attached hydrogens (tertiary/aromatic N) is 2. The molecule has 236 valence electrons. The van der Waals surface area contributed by atoms with Gasteiger partial charge in [0.2, 0.25) is 5.91 Å². The molecule has 1 heterocycles. The Morgan fingerprint density at radius 1 is 1.00 bits per heavy atom. The van der Waals surface area contributed by atoms with Gasteiger partial charge in [0.15, 0.2) is 5.75 Å². The third-order valence-electron chi connectivity index (χ3n) is 7.98. The predicted octanol–water partition coefficient (Wildman–Crippen LogP) is 6.80. The number of nitro groups is 1. The maximum absolute atomic E-state index is 13.2. The van der Waals surface area contributed by atoms with Gasteiger partial charge in [0.25, 0.3) is 0 Å². The summed E-state index contributed by atoms with van der Waals surface area (Å²) in [7, 11) is 0. The van der Waals surface area contributed by atoms with Crippen molar-refractivity contribution in [1.82, 2.24) is 4.90 Å². The van der Waals surface area contributed by atoms with E-state index in [9.17, 15) is 28.1 Å². The van der Waals surface area contributed by atoms with E-state index in [0.717, 1.165) is 44.2 Å². The fourth-order valence-electron chi connectivity index (χ4n) is 5.54. The minimum atomic E-state index is -4.38. The number of anilines is 2. The van der Waals surface area contributed by atoms with Gasteiger partial charge < -0.3 is 25.0 Å². The Balaban J connectivity index is 1.18. The number of hydrogen-bond acceptors (Lipinski definition) is 7. The lowest BCUT2D eigenvalue weighted by Crippen LogP contribution is -2.44. The zero-order chi connectivity index (χ0) is 31.1. The zero-order valence-corrected chi connectivity index (χ0v) is 24.9. The van der Waals surface area contributed by atoms with Crippen LogP contribution in [0.5, 0.6) is 5.75 Å². The van der Waals surface area contributed by atoms with Gasteiger partial charge in [0.1, 0.15) is 6.61 Å². The smallest absolute Gasteiger partial charge is 0.416 e. The number of likely N-dealkylation sites (tertiary alicyclic amines) is 1. The molecule has 9 nitrogen and oxygen atoms in total. The molecule has 2 aromatic carbocycles. The van der Waals surface area contributed by atoms with Gasteiger partial charge in [0.05, 0.1) is 23.2 Å². The number of amides is 1. The van der Waals surface area contributed by atoms with Gasteiger partial charge in [-0.1, -0.05) is 19.9 Å². The van der Waals surface area contributed by atoms with E-state index in [1.54, 1.807) is 23.1 Å². The standard InChI is InChI=1S/C31H41F3N4O5/c1-20(2)18-43-29-17-25(8-11-28(29)38(40)41)36-23-12-14-37(15-13-23)30(39)19-42-26-9-6-22(7-10-26)35-24-5-4-21(3)27(16-24)31(32,33)34/h4-5,8,11,16-17,20,22-23,26,35-36H,6-7,9-10,12-15,18-19H2,1-3H3. The molecule has 1 aliphatic heterocycles. The second kappa shape index (κ2) is 14.3. The number of aryl methyl sites for hydroxylation is 1. The lowest BCUT2D eigenvalue weighted by atomic mass is 9.92. The fourth-order valence-corrected chi connectivity index (χ4v) is 5.54. The SMILES string of the molecule is Cc1ccc(NC2CCC(OCC(=O)N3CCC(Nc4ccc([N+](=O)[O-])c(OCC(C)C)c4)CC3)CC2)cc1C(F)(F)F. The first-order chi connectivity index (χ1) is 20.4. The van der Waals surface area contributed by atoms with Gasteiger partial charge in [0, 0.05) is 48.7 Å². The minimum absolute atomic E-state index is 0.00661. The molecule has 43 heavy (non-hydrogen) atoms. The molecule has 2 aliphatic rings. The average molecular weight is 607 g/mol. The van der Waals surface area contributed by atoms with E-state index in [4.69, 9.17) is 9.47 Å². The number of carbonyl (C=O) groups excluding carboxylic acids is 1. The predicted molar refractivity (Wildman–Crippen MR) is 158 cm³/mol. The molecule has 0 aromatic heterocycles. The van der Waals surface area contributed by atoms with Gasteiger partial charge >= 0.3 is 11.9 Å². The first-order valence-corrected chi connectivity index (χ1v) is 14.9. The van der Waals surface area contributed by atoms with Crippen LogP contribution in [-0.4, -0.2) is 60.2 Å². The van der Waals surface area contributed by atoms with Gasteiger partial charge in [-0.2, -0.15) is 13.2 Å². The lowest BCUT2D eigenvalue weighted by Gasteiger charge is -2.34. The first-order valence-electron chi connectivity index (χ1n) is 14.9. The van der Waals surface area contributed by atoms with E-state index >= 15 is 0 Å². The second-order valence-corrected chi connectivity index (χ2v) is 11.9. The van der Waals surface area contributed by atoms with E-state index in [1.165, 1.54) is 25.1 Å². The average Bonchev–Trinajstić information content (AvgIpc) is 2.96. The highest BCUT2D eigenvalue weighted by molar-refractivity contribution is 5.77. The van der Waals surface area contributed by atoms with Crippen molar-refractivity contribution < 1.29 is 32.4 Å². The van der Waals surface area contributed by atoms with Crippen LogP contribution in [0, 0.1) is 23.0 Å². The molecule has 1 amide bonds. The van der Waals surface area contributed by atoms with Crippen LogP contribution in [0.3, 0.4) is 0 Å². The quantitative estimate of drug-likeness (QED) is 0.214. The molecule has 0 spiro atoms. The normalized spacial score (nSPS) is 19.7. The Morgan fingerprint density at radius 2 is 1.60 bits per heavy atom. The maximum atomic E-state index is 13.2. The summed E-state index contributed by atoms with van der Waals surface area (Å²) in [4.78, 5) is 25.5. The monoisotopic (exact) mass is 606 g/mol. The van der Waals surface area contributed by atoms with Crippen LogP contribution < -0.4 is 15.4 Å².